The van der Waals surface area contributed by atoms with E-state index in [1.165, 1.54) is 0 Å². The summed E-state index contributed by atoms with van der Waals surface area (Å²) in [6, 6.07) is 0. The lowest BCUT2D eigenvalue weighted by molar-refractivity contribution is 0.111. The van der Waals surface area contributed by atoms with Gasteiger partial charge in [-0.2, -0.15) is 5.10 Å². The van der Waals surface area contributed by atoms with Gasteiger partial charge in [-0.1, -0.05) is 0 Å². The minimum Gasteiger partial charge on any atom is -0.311 e. The highest BCUT2D eigenvalue weighted by atomic mass is 16.1. The Morgan fingerprint density at radius 1 is 1.55 bits per heavy atom. The van der Waals surface area contributed by atoms with Gasteiger partial charge in [0.25, 0.3) is 0 Å². The molecule has 0 aliphatic carbocycles. The van der Waals surface area contributed by atoms with Gasteiger partial charge < -0.3 is 5.32 Å². The maximum absolute atomic E-state index is 10.4. The van der Waals surface area contributed by atoms with E-state index in [2.05, 4.69) is 15.5 Å². The summed E-state index contributed by atoms with van der Waals surface area (Å²) in [6.07, 6.45) is 1.71. The first-order valence-electron chi connectivity index (χ1n) is 3.64. The summed E-state index contributed by atoms with van der Waals surface area (Å²) in [5, 5.41) is 9.91. The van der Waals surface area contributed by atoms with Gasteiger partial charge in [0.05, 0.1) is 5.69 Å². The Hall–Kier alpha value is -1.16. The number of carbonyl (C=O) groups excluding carboxylic acids is 1. The molecule has 11 heavy (non-hydrogen) atoms. The van der Waals surface area contributed by atoms with E-state index in [1.807, 2.05) is 0 Å². The van der Waals surface area contributed by atoms with E-state index >= 15 is 0 Å². The molecular weight excluding hydrogens is 142 g/mol. The fraction of sp³-hybridized carbons (Fsp3) is 0.429. The van der Waals surface area contributed by atoms with Crippen LogP contribution < -0.4 is 5.32 Å². The maximum Gasteiger partial charge on any atom is 0.170 e. The minimum absolute atomic E-state index is 0.571. The molecule has 0 aromatic carbocycles. The molecule has 0 radical (unpaired) electrons. The summed E-state index contributed by atoms with van der Waals surface area (Å²) in [4.78, 5) is 10.4. The number of aldehydes is 1. The van der Waals surface area contributed by atoms with Crippen LogP contribution in [-0.4, -0.2) is 23.0 Å². The lowest BCUT2D eigenvalue weighted by Crippen LogP contribution is -2.23. The number of aromatic amines is 1. The van der Waals surface area contributed by atoms with Crippen LogP contribution in [0.15, 0.2) is 0 Å². The quantitative estimate of drug-likeness (QED) is 0.549. The van der Waals surface area contributed by atoms with Crippen molar-refractivity contribution in [1.82, 2.24) is 15.5 Å². The van der Waals surface area contributed by atoms with Crippen LogP contribution in [0.3, 0.4) is 0 Å². The van der Waals surface area contributed by atoms with Crippen molar-refractivity contribution in [1.29, 1.82) is 0 Å². The predicted molar refractivity (Wildman–Crippen MR) is 39.4 cm³/mol. The molecule has 0 amide bonds. The zero-order chi connectivity index (χ0) is 7.68. The van der Waals surface area contributed by atoms with Gasteiger partial charge in [0.1, 0.15) is 5.69 Å². The van der Waals surface area contributed by atoms with Gasteiger partial charge in [0.15, 0.2) is 6.29 Å². The van der Waals surface area contributed by atoms with Crippen molar-refractivity contribution >= 4 is 6.29 Å². The summed E-state index contributed by atoms with van der Waals surface area (Å²) in [5.74, 6) is 0. The van der Waals surface area contributed by atoms with E-state index in [4.69, 9.17) is 0 Å². The number of hydrogen-bond donors (Lipinski definition) is 2. The zero-order valence-corrected chi connectivity index (χ0v) is 6.05. The molecule has 0 atom stereocenters. The molecule has 58 valence electrons. The van der Waals surface area contributed by atoms with E-state index < -0.39 is 0 Å². The highest BCUT2D eigenvalue weighted by Crippen LogP contribution is 2.12. The Morgan fingerprint density at radius 2 is 2.45 bits per heavy atom. The number of rotatable bonds is 1. The van der Waals surface area contributed by atoms with E-state index in [0.717, 1.165) is 37.1 Å². The van der Waals surface area contributed by atoms with Crippen molar-refractivity contribution < 1.29 is 4.79 Å². The number of nitrogens with one attached hydrogen (secondary N) is 2. The summed E-state index contributed by atoms with van der Waals surface area (Å²) < 4.78 is 0. The third kappa shape index (κ3) is 0.952. The van der Waals surface area contributed by atoms with Crippen molar-refractivity contribution in [2.24, 2.45) is 0 Å². The van der Waals surface area contributed by atoms with Gasteiger partial charge in [-0.3, -0.25) is 9.89 Å². The molecule has 1 aliphatic rings. The van der Waals surface area contributed by atoms with Crippen LogP contribution in [-0.2, 0) is 13.0 Å². The van der Waals surface area contributed by atoms with Crippen molar-refractivity contribution in [2.45, 2.75) is 13.0 Å². The first-order valence-corrected chi connectivity index (χ1v) is 3.64. The molecule has 0 saturated carbocycles. The maximum atomic E-state index is 10.4. The van der Waals surface area contributed by atoms with Gasteiger partial charge in [-0.15, -0.1) is 0 Å². The molecule has 2 rings (SSSR count). The Kier molecular flexibility index (Phi) is 1.47. The van der Waals surface area contributed by atoms with Crippen molar-refractivity contribution in [2.75, 3.05) is 6.54 Å². The monoisotopic (exact) mass is 151 g/mol. The second kappa shape index (κ2) is 2.47. The summed E-state index contributed by atoms with van der Waals surface area (Å²) >= 11 is 0. The lowest BCUT2D eigenvalue weighted by atomic mass is 10.1. The highest BCUT2D eigenvalue weighted by molar-refractivity contribution is 5.74. The zero-order valence-electron chi connectivity index (χ0n) is 6.05. The number of fused-ring (bicyclic) bond motifs is 1. The average Bonchev–Trinajstić information content (AvgIpc) is 2.47. The van der Waals surface area contributed by atoms with E-state index in [0.29, 0.717) is 5.69 Å². The second-order valence-corrected chi connectivity index (χ2v) is 2.61. The molecule has 2 heterocycles. The number of nitrogens with zero attached hydrogens (tertiary/aromatic N) is 1. The molecule has 1 aromatic heterocycles. The summed E-state index contributed by atoms with van der Waals surface area (Å²) in [7, 11) is 0. The molecule has 0 unspecified atom stereocenters. The van der Waals surface area contributed by atoms with Gasteiger partial charge in [0.2, 0.25) is 0 Å². The SMILES string of the molecule is O=Cc1n[nH]c2c1CCNC2. The fourth-order valence-corrected chi connectivity index (χ4v) is 1.37. The van der Waals surface area contributed by atoms with Gasteiger partial charge >= 0.3 is 0 Å². The third-order valence-electron chi connectivity index (χ3n) is 1.95. The predicted octanol–water partition coefficient (Wildman–Crippen LogP) is -0.132. The molecule has 0 fully saturated rings. The van der Waals surface area contributed by atoms with Crippen LogP contribution >= 0.6 is 0 Å². The Morgan fingerprint density at radius 3 is 3.27 bits per heavy atom. The number of H-pyrrole nitrogens is 1. The minimum atomic E-state index is 0.571. The standard InChI is InChI=1S/C7H9N3O/c11-4-7-5-1-2-8-3-6(5)9-10-7/h4,8H,1-3H2,(H,9,10). The van der Waals surface area contributed by atoms with Crippen molar-refractivity contribution in [3.05, 3.63) is 17.0 Å². The Labute approximate surface area is 64.0 Å². The van der Waals surface area contributed by atoms with Crippen molar-refractivity contribution in [3.63, 3.8) is 0 Å². The molecule has 2 N–H and O–H groups in total. The first kappa shape index (κ1) is 6.54. The van der Waals surface area contributed by atoms with Crippen LogP contribution in [0, 0.1) is 0 Å². The largest absolute Gasteiger partial charge is 0.311 e. The normalized spacial score (nSPS) is 16.0. The topological polar surface area (TPSA) is 57.8 Å². The molecule has 1 aliphatic heterocycles. The van der Waals surface area contributed by atoms with Crippen LogP contribution in [0.4, 0.5) is 0 Å². The molecule has 0 saturated heterocycles. The summed E-state index contributed by atoms with van der Waals surface area (Å²) in [6.45, 7) is 1.74. The van der Waals surface area contributed by atoms with Crippen LogP contribution in [0.2, 0.25) is 0 Å². The fourth-order valence-electron chi connectivity index (χ4n) is 1.37. The molecule has 0 bridgehead atoms. The molecular formula is C7H9N3O. The Balaban J connectivity index is 2.45. The van der Waals surface area contributed by atoms with E-state index in [-0.39, 0.29) is 0 Å². The number of carbonyl (C=O) groups is 1. The molecule has 4 heteroatoms. The molecule has 0 spiro atoms. The second-order valence-electron chi connectivity index (χ2n) is 2.61. The number of aromatic nitrogens is 2. The van der Waals surface area contributed by atoms with Gasteiger partial charge in [-0.05, 0) is 13.0 Å². The van der Waals surface area contributed by atoms with Crippen LogP contribution in [0.25, 0.3) is 0 Å². The van der Waals surface area contributed by atoms with Crippen LogP contribution in [0.5, 0.6) is 0 Å². The smallest absolute Gasteiger partial charge is 0.170 e. The lowest BCUT2D eigenvalue weighted by Gasteiger charge is -2.11. The number of hydrogen-bond acceptors (Lipinski definition) is 3. The third-order valence-corrected chi connectivity index (χ3v) is 1.95. The van der Waals surface area contributed by atoms with Gasteiger partial charge in [-0.25, -0.2) is 0 Å². The molecule has 1 aromatic rings. The van der Waals surface area contributed by atoms with Crippen LogP contribution in [0.1, 0.15) is 21.7 Å². The van der Waals surface area contributed by atoms with E-state index in [1.54, 1.807) is 0 Å². The van der Waals surface area contributed by atoms with Crippen molar-refractivity contribution in [3.8, 4) is 0 Å². The molecule has 4 nitrogen and oxygen atoms in total. The van der Waals surface area contributed by atoms with Gasteiger partial charge in [0, 0.05) is 12.1 Å². The average molecular weight is 151 g/mol. The Bertz CT molecular complexity index is 279. The summed E-state index contributed by atoms with van der Waals surface area (Å²) in [5.41, 5.74) is 2.71. The van der Waals surface area contributed by atoms with E-state index in [9.17, 15) is 4.79 Å². The highest BCUT2D eigenvalue weighted by Gasteiger charge is 2.14. The first-order chi connectivity index (χ1) is 5.42.